The lowest BCUT2D eigenvalue weighted by Crippen LogP contribution is -2.31. The molecule has 0 aliphatic rings. The second-order valence-corrected chi connectivity index (χ2v) is 2.87. The van der Waals surface area contributed by atoms with Gasteiger partial charge < -0.3 is 14.8 Å². The van der Waals surface area contributed by atoms with E-state index < -0.39 is 7.12 Å². The highest BCUT2D eigenvalue weighted by Gasteiger charge is 2.18. The largest absolute Gasteiger partial charge is 0.497 e. The summed E-state index contributed by atoms with van der Waals surface area (Å²) in [6.45, 7) is 6.65. The minimum absolute atomic E-state index is 0.263. The number of ether oxygens (including phenoxy) is 1. The Kier molecular flexibility index (Phi) is 4.04. The van der Waals surface area contributed by atoms with E-state index in [1.165, 1.54) is 18.3 Å². The molecule has 0 radical (unpaired) electrons. The van der Waals surface area contributed by atoms with Gasteiger partial charge in [-0.25, -0.2) is 0 Å². The van der Waals surface area contributed by atoms with Crippen molar-refractivity contribution in [2.75, 3.05) is 12.2 Å². The molecule has 7 heteroatoms. The SMILES string of the molecule is C=NN(N=C)c1ccc(B(O)O)c(OC)c1. The van der Waals surface area contributed by atoms with Crippen molar-refractivity contribution in [3.05, 3.63) is 18.2 Å². The van der Waals surface area contributed by atoms with Gasteiger partial charge in [-0.05, 0) is 6.07 Å². The fraction of sp³-hybridized carbons (Fsp3) is 0.111. The molecule has 0 heterocycles. The topological polar surface area (TPSA) is 77.7 Å². The highest BCUT2D eigenvalue weighted by molar-refractivity contribution is 6.59. The Labute approximate surface area is 93.6 Å². The maximum atomic E-state index is 9.07. The van der Waals surface area contributed by atoms with E-state index in [1.807, 2.05) is 0 Å². The summed E-state index contributed by atoms with van der Waals surface area (Å²) in [5.41, 5.74) is 0.825. The Bertz CT molecular complexity index is 390. The van der Waals surface area contributed by atoms with Gasteiger partial charge in [0.1, 0.15) is 5.75 Å². The molecule has 0 saturated heterocycles. The van der Waals surface area contributed by atoms with Crippen molar-refractivity contribution in [3.63, 3.8) is 0 Å². The van der Waals surface area contributed by atoms with E-state index in [1.54, 1.807) is 12.1 Å². The molecule has 1 rings (SSSR count). The molecule has 0 fully saturated rings. The van der Waals surface area contributed by atoms with E-state index in [0.29, 0.717) is 11.4 Å². The minimum Gasteiger partial charge on any atom is -0.497 e. The molecular weight excluding hydrogens is 209 g/mol. The van der Waals surface area contributed by atoms with Crippen LogP contribution in [-0.4, -0.2) is 37.7 Å². The number of rotatable bonds is 5. The smallest absolute Gasteiger partial charge is 0.492 e. The van der Waals surface area contributed by atoms with E-state index in [-0.39, 0.29) is 5.46 Å². The number of hydrogen-bond donors (Lipinski definition) is 2. The van der Waals surface area contributed by atoms with Gasteiger partial charge in [0, 0.05) is 25.0 Å². The number of nitrogens with zero attached hydrogens (tertiary/aromatic N) is 3. The van der Waals surface area contributed by atoms with Gasteiger partial charge in [0.2, 0.25) is 0 Å². The van der Waals surface area contributed by atoms with E-state index in [9.17, 15) is 0 Å². The standard InChI is InChI=1S/C9H12BN3O3/c1-11-13(12-2)7-4-5-8(10(14)15)9(6-7)16-3/h4-6,14-15H,1-2H2,3H3. The molecule has 0 spiro atoms. The average molecular weight is 221 g/mol. The highest BCUT2D eigenvalue weighted by atomic mass is 16.5. The van der Waals surface area contributed by atoms with Gasteiger partial charge in [0.15, 0.2) is 0 Å². The van der Waals surface area contributed by atoms with Crippen molar-refractivity contribution in [2.45, 2.75) is 0 Å². The zero-order valence-corrected chi connectivity index (χ0v) is 8.87. The number of benzene rings is 1. The first-order valence-electron chi connectivity index (χ1n) is 4.41. The third-order valence-corrected chi connectivity index (χ3v) is 1.99. The number of hydrogen-bond acceptors (Lipinski definition) is 6. The van der Waals surface area contributed by atoms with Crippen molar-refractivity contribution in [2.24, 2.45) is 10.2 Å². The first kappa shape index (κ1) is 12.2. The van der Waals surface area contributed by atoms with E-state index >= 15 is 0 Å². The zero-order valence-electron chi connectivity index (χ0n) is 8.87. The Morgan fingerprint density at radius 1 is 1.31 bits per heavy atom. The quantitative estimate of drug-likeness (QED) is 0.396. The van der Waals surface area contributed by atoms with Crippen LogP contribution in [0, 0.1) is 0 Å². The Hall–Kier alpha value is -1.86. The highest BCUT2D eigenvalue weighted by Crippen LogP contribution is 2.20. The van der Waals surface area contributed by atoms with Crippen molar-refractivity contribution >= 4 is 31.7 Å². The van der Waals surface area contributed by atoms with Crippen molar-refractivity contribution in [1.29, 1.82) is 0 Å². The lowest BCUT2D eigenvalue weighted by Gasteiger charge is -2.14. The second kappa shape index (κ2) is 5.29. The van der Waals surface area contributed by atoms with Crippen LogP contribution in [0.1, 0.15) is 0 Å². The van der Waals surface area contributed by atoms with E-state index in [2.05, 4.69) is 23.6 Å². The summed E-state index contributed by atoms with van der Waals surface area (Å²) >= 11 is 0. The van der Waals surface area contributed by atoms with Gasteiger partial charge in [0.25, 0.3) is 0 Å². The van der Waals surface area contributed by atoms with Crippen LogP contribution in [0.2, 0.25) is 0 Å². The summed E-state index contributed by atoms with van der Waals surface area (Å²) in [6.07, 6.45) is 0. The maximum absolute atomic E-state index is 9.07. The first-order valence-corrected chi connectivity index (χ1v) is 4.41. The predicted molar refractivity (Wildman–Crippen MR) is 64.4 cm³/mol. The van der Waals surface area contributed by atoms with Crippen molar-refractivity contribution in [3.8, 4) is 5.75 Å². The molecule has 0 bridgehead atoms. The van der Waals surface area contributed by atoms with Gasteiger partial charge in [-0.15, -0.1) is 0 Å². The Morgan fingerprint density at radius 2 is 1.94 bits per heavy atom. The molecule has 0 saturated carbocycles. The lowest BCUT2D eigenvalue weighted by atomic mass is 9.79. The summed E-state index contributed by atoms with van der Waals surface area (Å²) in [5, 5.41) is 26.5. The second-order valence-electron chi connectivity index (χ2n) is 2.87. The van der Waals surface area contributed by atoms with Crippen LogP contribution in [-0.2, 0) is 0 Å². The van der Waals surface area contributed by atoms with Crippen LogP contribution in [0.15, 0.2) is 28.4 Å². The molecule has 6 nitrogen and oxygen atoms in total. The van der Waals surface area contributed by atoms with Crippen molar-refractivity contribution in [1.82, 2.24) is 0 Å². The molecule has 0 atom stereocenters. The maximum Gasteiger partial charge on any atom is 0.492 e. The van der Waals surface area contributed by atoms with Gasteiger partial charge in [-0.3, -0.25) is 0 Å². The van der Waals surface area contributed by atoms with Crippen LogP contribution in [0.3, 0.4) is 0 Å². The summed E-state index contributed by atoms with van der Waals surface area (Å²) in [5.74, 6) is 0.324. The van der Waals surface area contributed by atoms with Gasteiger partial charge >= 0.3 is 7.12 Å². The van der Waals surface area contributed by atoms with Crippen molar-refractivity contribution < 1.29 is 14.8 Å². The molecule has 84 valence electrons. The molecule has 0 unspecified atom stereocenters. The fourth-order valence-corrected chi connectivity index (χ4v) is 1.25. The third kappa shape index (κ3) is 2.39. The fourth-order valence-electron chi connectivity index (χ4n) is 1.25. The molecule has 0 aliphatic heterocycles. The number of hydrazone groups is 2. The molecule has 1 aromatic carbocycles. The number of anilines is 1. The molecule has 1 aromatic rings. The van der Waals surface area contributed by atoms with Crippen LogP contribution in [0.25, 0.3) is 0 Å². The number of methoxy groups -OCH3 is 1. The average Bonchev–Trinajstić information content (AvgIpc) is 2.30. The summed E-state index contributed by atoms with van der Waals surface area (Å²) in [7, 11) is -0.163. The monoisotopic (exact) mass is 221 g/mol. The molecule has 0 amide bonds. The summed E-state index contributed by atoms with van der Waals surface area (Å²) in [6, 6.07) is 4.65. The van der Waals surface area contributed by atoms with Crippen LogP contribution < -0.4 is 15.3 Å². The lowest BCUT2D eigenvalue weighted by molar-refractivity contribution is 0.403. The van der Waals surface area contributed by atoms with Gasteiger partial charge in [0.05, 0.1) is 12.8 Å². The summed E-state index contributed by atoms with van der Waals surface area (Å²) in [4.78, 5) is 0. The molecular formula is C9H12BN3O3. The normalized spacial score (nSPS) is 9.44. The van der Waals surface area contributed by atoms with Crippen LogP contribution in [0.4, 0.5) is 5.69 Å². The minimum atomic E-state index is -1.59. The molecule has 2 N–H and O–H groups in total. The van der Waals surface area contributed by atoms with Crippen LogP contribution in [0.5, 0.6) is 5.75 Å². The van der Waals surface area contributed by atoms with Crippen LogP contribution >= 0.6 is 0 Å². The third-order valence-electron chi connectivity index (χ3n) is 1.99. The van der Waals surface area contributed by atoms with E-state index in [4.69, 9.17) is 14.8 Å². The first-order chi connectivity index (χ1) is 7.63. The summed E-state index contributed by atoms with van der Waals surface area (Å²) < 4.78 is 5.02. The Morgan fingerprint density at radius 3 is 2.38 bits per heavy atom. The zero-order chi connectivity index (χ0) is 12.1. The predicted octanol–water partition coefficient (Wildman–Crippen LogP) is -0.587. The molecule has 0 aliphatic carbocycles. The Balaban J connectivity index is 3.17. The van der Waals surface area contributed by atoms with E-state index in [0.717, 1.165) is 0 Å². The van der Waals surface area contributed by atoms with Gasteiger partial charge in [-0.1, -0.05) is 6.07 Å². The molecule has 0 aromatic heterocycles. The van der Waals surface area contributed by atoms with Gasteiger partial charge in [-0.2, -0.15) is 15.3 Å². The molecule has 16 heavy (non-hydrogen) atoms.